The molecule has 1 atom stereocenters. The largest absolute Gasteiger partial charge is 0.325 e. The van der Waals surface area contributed by atoms with E-state index in [-0.39, 0.29) is 11.9 Å². The van der Waals surface area contributed by atoms with Crippen molar-refractivity contribution in [3.63, 3.8) is 0 Å². The third-order valence-corrected chi connectivity index (χ3v) is 4.73. The van der Waals surface area contributed by atoms with E-state index in [1.807, 2.05) is 6.07 Å². The molecule has 3 nitrogen and oxygen atoms in total. The molecule has 0 saturated carbocycles. The van der Waals surface area contributed by atoms with Crippen molar-refractivity contribution in [2.75, 3.05) is 18.4 Å². The number of anilines is 1. The van der Waals surface area contributed by atoms with Gasteiger partial charge in [-0.15, -0.1) is 0 Å². The number of hydrogen-bond donors (Lipinski definition) is 2. The molecule has 1 aromatic rings. The zero-order chi connectivity index (χ0) is 15.2. The number of amides is 1. The molecule has 1 aromatic carbocycles. The van der Waals surface area contributed by atoms with E-state index in [1.165, 1.54) is 37.0 Å². The van der Waals surface area contributed by atoms with Crippen LogP contribution in [0.25, 0.3) is 0 Å². The number of nitrogens with one attached hydrogen (secondary N) is 2. The van der Waals surface area contributed by atoms with Crippen LogP contribution in [0.2, 0.25) is 0 Å². The van der Waals surface area contributed by atoms with Crippen LogP contribution < -0.4 is 10.2 Å². The molecule has 0 unspecified atom stereocenters. The van der Waals surface area contributed by atoms with Crippen LogP contribution in [0.15, 0.2) is 18.2 Å². The molecule has 1 amide bonds. The topological polar surface area (TPSA) is 33.5 Å². The van der Waals surface area contributed by atoms with E-state index in [0.717, 1.165) is 29.9 Å². The molecular formula is C18H29N2O+. The number of hydrogen-bond acceptors (Lipinski definition) is 1. The predicted molar refractivity (Wildman–Crippen MR) is 87.8 cm³/mol. The van der Waals surface area contributed by atoms with Gasteiger partial charge in [-0.1, -0.05) is 24.6 Å². The Morgan fingerprint density at radius 2 is 1.57 bits per heavy atom. The summed E-state index contributed by atoms with van der Waals surface area (Å²) in [4.78, 5) is 14.0. The first-order valence-corrected chi connectivity index (χ1v) is 8.31. The fourth-order valence-corrected chi connectivity index (χ4v) is 3.22. The van der Waals surface area contributed by atoms with E-state index in [2.05, 4.69) is 38.2 Å². The summed E-state index contributed by atoms with van der Waals surface area (Å²) in [6, 6.07) is 6.17. The normalized spacial score (nSPS) is 18.6. The first-order chi connectivity index (χ1) is 10.1. The molecule has 116 valence electrons. The SMILES string of the molecule is Cc1cccc(C)c1NC(=O)[C@@H](C)[NH+]1CCCCCCC1. The van der Waals surface area contributed by atoms with Crippen LogP contribution in [0.3, 0.4) is 0 Å². The summed E-state index contributed by atoms with van der Waals surface area (Å²) in [6.07, 6.45) is 6.48. The molecule has 0 spiro atoms. The Kier molecular flexibility index (Phi) is 5.80. The number of quaternary nitrogens is 1. The molecule has 3 heteroatoms. The minimum atomic E-state index is 0.0297. The quantitative estimate of drug-likeness (QED) is 0.880. The molecule has 1 aliphatic heterocycles. The molecule has 1 saturated heterocycles. The van der Waals surface area contributed by atoms with Crippen LogP contribution in [-0.2, 0) is 4.79 Å². The molecule has 0 aromatic heterocycles. The lowest BCUT2D eigenvalue weighted by molar-refractivity contribution is -0.914. The first-order valence-electron chi connectivity index (χ1n) is 8.31. The number of carbonyl (C=O) groups is 1. The predicted octanol–water partition coefficient (Wildman–Crippen LogP) is 2.48. The van der Waals surface area contributed by atoms with Crippen molar-refractivity contribution in [3.8, 4) is 0 Å². The first kappa shape index (κ1) is 16.0. The second-order valence-electron chi connectivity index (χ2n) is 6.40. The highest BCUT2D eigenvalue weighted by Gasteiger charge is 2.25. The maximum atomic E-state index is 12.6. The average molecular weight is 289 g/mol. The minimum Gasteiger partial charge on any atom is -0.325 e. The summed E-state index contributed by atoms with van der Waals surface area (Å²) in [5, 5.41) is 3.15. The number of benzene rings is 1. The van der Waals surface area contributed by atoms with Crippen molar-refractivity contribution in [3.05, 3.63) is 29.3 Å². The summed E-state index contributed by atoms with van der Waals surface area (Å²) in [7, 11) is 0. The lowest BCUT2D eigenvalue weighted by Crippen LogP contribution is -3.16. The van der Waals surface area contributed by atoms with Gasteiger partial charge >= 0.3 is 0 Å². The Labute approximate surface area is 128 Å². The van der Waals surface area contributed by atoms with E-state index in [0.29, 0.717) is 0 Å². The van der Waals surface area contributed by atoms with Crippen molar-refractivity contribution in [2.45, 2.75) is 58.9 Å². The number of aryl methyl sites for hydroxylation is 2. The van der Waals surface area contributed by atoms with Gasteiger partial charge in [0.2, 0.25) is 0 Å². The number of rotatable bonds is 3. The van der Waals surface area contributed by atoms with Crippen molar-refractivity contribution in [1.29, 1.82) is 0 Å². The molecular weight excluding hydrogens is 260 g/mol. The third kappa shape index (κ3) is 4.31. The monoisotopic (exact) mass is 289 g/mol. The number of para-hydroxylation sites is 1. The van der Waals surface area contributed by atoms with Crippen LogP contribution in [0, 0.1) is 13.8 Å². The van der Waals surface area contributed by atoms with Crippen molar-refractivity contribution >= 4 is 11.6 Å². The van der Waals surface area contributed by atoms with Crippen molar-refractivity contribution < 1.29 is 9.69 Å². The van der Waals surface area contributed by atoms with Crippen LogP contribution in [0.4, 0.5) is 5.69 Å². The molecule has 0 bridgehead atoms. The molecule has 1 fully saturated rings. The summed E-state index contributed by atoms with van der Waals surface area (Å²) >= 11 is 0. The van der Waals surface area contributed by atoms with E-state index in [1.54, 1.807) is 0 Å². The van der Waals surface area contributed by atoms with Gasteiger partial charge in [-0.2, -0.15) is 0 Å². The highest BCUT2D eigenvalue weighted by atomic mass is 16.2. The van der Waals surface area contributed by atoms with Crippen LogP contribution in [-0.4, -0.2) is 25.0 Å². The Morgan fingerprint density at radius 1 is 1.05 bits per heavy atom. The lowest BCUT2D eigenvalue weighted by atomic mass is 10.1. The van der Waals surface area contributed by atoms with Crippen molar-refractivity contribution in [1.82, 2.24) is 0 Å². The van der Waals surface area contributed by atoms with Gasteiger partial charge in [0.05, 0.1) is 13.1 Å². The van der Waals surface area contributed by atoms with Gasteiger partial charge < -0.3 is 10.2 Å². The highest BCUT2D eigenvalue weighted by Crippen LogP contribution is 2.19. The molecule has 2 rings (SSSR count). The van der Waals surface area contributed by atoms with Crippen LogP contribution in [0.5, 0.6) is 0 Å². The smallest absolute Gasteiger partial charge is 0.282 e. The Morgan fingerprint density at radius 3 is 2.14 bits per heavy atom. The standard InChI is InChI=1S/C18H28N2O/c1-14-10-9-11-15(2)17(14)19-18(21)16(3)20-12-7-5-4-6-8-13-20/h9-11,16H,4-8,12-13H2,1-3H3,(H,19,21)/p+1/t16-/m1/s1. The summed E-state index contributed by atoms with van der Waals surface area (Å²) in [5.74, 6) is 0.156. The summed E-state index contributed by atoms with van der Waals surface area (Å²) < 4.78 is 0. The third-order valence-electron chi connectivity index (χ3n) is 4.73. The minimum absolute atomic E-state index is 0.0297. The molecule has 0 aliphatic carbocycles. The molecule has 21 heavy (non-hydrogen) atoms. The van der Waals surface area contributed by atoms with Gasteiger partial charge in [0.25, 0.3) is 5.91 Å². The molecule has 1 heterocycles. The van der Waals surface area contributed by atoms with Crippen LogP contribution in [0.1, 0.15) is 50.2 Å². The summed E-state index contributed by atoms with van der Waals surface area (Å²) in [6.45, 7) is 8.43. The van der Waals surface area contributed by atoms with Gasteiger partial charge in [0, 0.05) is 5.69 Å². The van der Waals surface area contributed by atoms with Gasteiger partial charge in [-0.3, -0.25) is 4.79 Å². The van der Waals surface area contributed by atoms with Crippen molar-refractivity contribution in [2.24, 2.45) is 0 Å². The highest BCUT2D eigenvalue weighted by molar-refractivity contribution is 5.95. The maximum absolute atomic E-state index is 12.6. The lowest BCUT2D eigenvalue weighted by Gasteiger charge is -2.27. The fourth-order valence-electron chi connectivity index (χ4n) is 3.22. The van der Waals surface area contributed by atoms with E-state index >= 15 is 0 Å². The van der Waals surface area contributed by atoms with Crippen LogP contribution >= 0.6 is 0 Å². The van der Waals surface area contributed by atoms with Gasteiger partial charge in [0.1, 0.15) is 0 Å². The zero-order valence-corrected chi connectivity index (χ0v) is 13.7. The zero-order valence-electron chi connectivity index (χ0n) is 13.7. The molecule has 0 radical (unpaired) electrons. The molecule has 1 aliphatic rings. The second kappa shape index (κ2) is 7.60. The second-order valence-corrected chi connectivity index (χ2v) is 6.40. The number of carbonyl (C=O) groups excluding carboxylic acids is 1. The van der Waals surface area contributed by atoms with E-state index < -0.39 is 0 Å². The summed E-state index contributed by atoms with van der Waals surface area (Å²) in [5.41, 5.74) is 3.26. The fraction of sp³-hybridized carbons (Fsp3) is 0.611. The van der Waals surface area contributed by atoms with Gasteiger partial charge in [0.15, 0.2) is 6.04 Å². The Balaban J connectivity index is 2.01. The van der Waals surface area contributed by atoms with Gasteiger partial charge in [-0.25, -0.2) is 0 Å². The number of likely N-dealkylation sites (tertiary alicyclic amines) is 1. The van der Waals surface area contributed by atoms with E-state index in [4.69, 9.17) is 0 Å². The van der Waals surface area contributed by atoms with E-state index in [9.17, 15) is 4.79 Å². The average Bonchev–Trinajstić information content (AvgIpc) is 2.42. The Hall–Kier alpha value is -1.35. The molecule has 2 N–H and O–H groups in total. The van der Waals surface area contributed by atoms with Gasteiger partial charge in [-0.05, 0) is 57.6 Å². The Bertz CT molecular complexity index is 456. The maximum Gasteiger partial charge on any atom is 0.282 e.